The molecule has 6 amide bonds. The van der Waals surface area contributed by atoms with Crippen LogP contribution >= 0.6 is 0 Å². The number of nitrogens with zero attached hydrogens (tertiary/aromatic N) is 2. The summed E-state index contributed by atoms with van der Waals surface area (Å²) in [7, 11) is 0. The van der Waals surface area contributed by atoms with Crippen molar-refractivity contribution in [1.29, 1.82) is 0 Å². The number of nitrogens with one attached hydrogen (secondary N) is 4. The molecule has 0 bridgehead atoms. The highest BCUT2D eigenvalue weighted by Crippen LogP contribution is 2.29. The fraction of sp³-hybridized carbons (Fsp3) is 0.400. The van der Waals surface area contributed by atoms with Gasteiger partial charge < -0.3 is 31.9 Å². The van der Waals surface area contributed by atoms with E-state index < -0.39 is 59.4 Å². The Morgan fingerprint density at radius 2 is 1.60 bits per heavy atom. The molecule has 5 rings (SSSR count). The van der Waals surface area contributed by atoms with Crippen molar-refractivity contribution in [1.82, 2.24) is 31.1 Å². The molecule has 0 unspecified atom stereocenters. The average Bonchev–Trinajstić information content (AvgIpc) is 3.67. The summed E-state index contributed by atoms with van der Waals surface area (Å²) in [5, 5.41) is 11.1. The molecular formula is C30H35N7O6. The number of hydrogen-bond acceptors (Lipinski definition) is 8. The zero-order valence-electron chi connectivity index (χ0n) is 23.8. The number of urea groups is 1. The summed E-state index contributed by atoms with van der Waals surface area (Å²) in [5.41, 5.74) is 5.33. The fourth-order valence-electron chi connectivity index (χ4n) is 5.88. The van der Waals surface area contributed by atoms with Gasteiger partial charge in [-0.05, 0) is 18.1 Å². The quantitative estimate of drug-likeness (QED) is 0.235. The molecule has 0 aliphatic carbocycles. The number of ketones is 1. The Hall–Kier alpha value is -4.62. The van der Waals surface area contributed by atoms with E-state index in [9.17, 15) is 28.8 Å². The van der Waals surface area contributed by atoms with Crippen molar-refractivity contribution >= 4 is 35.4 Å². The van der Waals surface area contributed by atoms with Gasteiger partial charge in [-0.1, -0.05) is 60.7 Å². The molecule has 3 saturated heterocycles. The Balaban J connectivity index is 1.15. The standard InChI is InChI=1S/C30H35N7O6/c1-19(38)23-13-29(31,26(41)33-14-20-8-4-2-5-9-20)18-37(23)24(39)15-32-25(40)22-12-30(17-34-22)27(42)36(28(43)35-30)16-21-10-6-3-7-11-21/h2-11,22-23,34H,12-18,31H2,1H3,(H,32,40)(H,33,41)(H,35,43)/t22-,23-,29-,30-/m1/s1. The van der Waals surface area contributed by atoms with Gasteiger partial charge in [0.2, 0.25) is 17.7 Å². The van der Waals surface area contributed by atoms with Crippen molar-refractivity contribution in [3.05, 3.63) is 71.8 Å². The molecule has 43 heavy (non-hydrogen) atoms. The van der Waals surface area contributed by atoms with Crippen LogP contribution in [0.25, 0.3) is 0 Å². The Morgan fingerprint density at radius 1 is 0.953 bits per heavy atom. The van der Waals surface area contributed by atoms with E-state index in [2.05, 4.69) is 21.3 Å². The topological polar surface area (TPSA) is 183 Å². The molecule has 13 nitrogen and oxygen atoms in total. The predicted octanol–water partition coefficient (Wildman–Crippen LogP) is -0.841. The van der Waals surface area contributed by atoms with E-state index in [-0.39, 0.29) is 44.8 Å². The van der Waals surface area contributed by atoms with Crippen LogP contribution in [0.15, 0.2) is 60.7 Å². The number of Topliss-reactive ketones (excluding diaryl/α,β-unsaturated/α-hetero) is 1. The SMILES string of the molecule is CC(=O)[C@H]1C[C@](N)(C(=O)NCc2ccccc2)CN1C(=O)CNC(=O)[C@H]1C[C@]2(CN1)NC(=O)N(Cc1ccccc1)C2=O. The van der Waals surface area contributed by atoms with Gasteiger partial charge in [0.05, 0.1) is 25.2 Å². The zero-order valence-corrected chi connectivity index (χ0v) is 23.8. The van der Waals surface area contributed by atoms with E-state index in [0.29, 0.717) is 0 Å². The summed E-state index contributed by atoms with van der Waals surface area (Å²) in [5.74, 6) is -2.33. The molecule has 0 aromatic heterocycles. The second-order valence-electron chi connectivity index (χ2n) is 11.4. The zero-order chi connectivity index (χ0) is 30.8. The summed E-state index contributed by atoms with van der Waals surface area (Å²) in [6.45, 7) is 1.12. The molecule has 226 valence electrons. The van der Waals surface area contributed by atoms with Crippen LogP contribution in [0.4, 0.5) is 4.79 Å². The van der Waals surface area contributed by atoms with E-state index in [1.807, 2.05) is 60.7 Å². The smallest absolute Gasteiger partial charge is 0.325 e. The van der Waals surface area contributed by atoms with Gasteiger partial charge in [-0.2, -0.15) is 0 Å². The van der Waals surface area contributed by atoms with Gasteiger partial charge in [0.15, 0.2) is 5.78 Å². The third-order valence-electron chi connectivity index (χ3n) is 8.29. The van der Waals surface area contributed by atoms with Gasteiger partial charge in [0.25, 0.3) is 5.91 Å². The van der Waals surface area contributed by atoms with Crippen LogP contribution in [-0.4, -0.2) is 88.0 Å². The number of rotatable bonds is 9. The molecule has 0 radical (unpaired) electrons. The van der Waals surface area contributed by atoms with Crippen LogP contribution < -0.4 is 27.0 Å². The van der Waals surface area contributed by atoms with Gasteiger partial charge in [-0.25, -0.2) is 4.79 Å². The van der Waals surface area contributed by atoms with E-state index in [1.165, 1.54) is 11.8 Å². The van der Waals surface area contributed by atoms with Gasteiger partial charge in [0, 0.05) is 32.5 Å². The van der Waals surface area contributed by atoms with Crippen molar-refractivity contribution in [2.24, 2.45) is 5.73 Å². The number of amides is 6. The first-order valence-electron chi connectivity index (χ1n) is 14.1. The van der Waals surface area contributed by atoms with Crippen molar-refractivity contribution in [2.45, 2.75) is 56.0 Å². The second-order valence-corrected chi connectivity index (χ2v) is 11.4. The lowest BCUT2D eigenvalue weighted by molar-refractivity contribution is -0.137. The Labute approximate surface area is 248 Å². The van der Waals surface area contributed by atoms with Crippen LogP contribution in [0.5, 0.6) is 0 Å². The minimum atomic E-state index is -1.48. The Morgan fingerprint density at radius 3 is 2.26 bits per heavy atom. The number of carbonyl (C=O) groups excluding carboxylic acids is 6. The Bertz CT molecular complexity index is 1440. The van der Waals surface area contributed by atoms with Crippen molar-refractivity contribution in [2.75, 3.05) is 19.6 Å². The van der Waals surface area contributed by atoms with Crippen molar-refractivity contribution in [3.8, 4) is 0 Å². The molecule has 0 saturated carbocycles. The lowest BCUT2D eigenvalue weighted by atomic mass is 9.95. The number of imide groups is 1. The fourth-order valence-corrected chi connectivity index (χ4v) is 5.88. The largest absolute Gasteiger partial charge is 0.350 e. The minimum absolute atomic E-state index is 0.0101. The first-order valence-corrected chi connectivity index (χ1v) is 14.1. The molecule has 2 aromatic carbocycles. The molecular weight excluding hydrogens is 554 g/mol. The highest BCUT2D eigenvalue weighted by molar-refractivity contribution is 6.08. The first kappa shape index (κ1) is 29.9. The minimum Gasteiger partial charge on any atom is -0.350 e. The number of nitrogens with two attached hydrogens (primary N) is 1. The van der Waals surface area contributed by atoms with Crippen LogP contribution in [0.1, 0.15) is 30.9 Å². The summed E-state index contributed by atoms with van der Waals surface area (Å²) in [6, 6.07) is 16.1. The molecule has 13 heteroatoms. The summed E-state index contributed by atoms with van der Waals surface area (Å²) in [6.07, 6.45) is -0.0349. The molecule has 4 atom stereocenters. The normalized spacial score (nSPS) is 26.5. The molecule has 3 aliphatic heterocycles. The van der Waals surface area contributed by atoms with Gasteiger partial charge in [0.1, 0.15) is 11.1 Å². The summed E-state index contributed by atoms with van der Waals surface area (Å²) in [4.78, 5) is 79.8. The maximum absolute atomic E-state index is 13.2. The number of likely N-dealkylation sites (tertiary alicyclic amines) is 1. The molecule has 3 heterocycles. The predicted molar refractivity (Wildman–Crippen MR) is 154 cm³/mol. The van der Waals surface area contributed by atoms with Gasteiger partial charge in [-0.3, -0.25) is 28.9 Å². The lowest BCUT2D eigenvalue weighted by Gasteiger charge is -2.25. The summed E-state index contributed by atoms with van der Waals surface area (Å²) < 4.78 is 0. The first-order chi connectivity index (χ1) is 20.5. The number of hydrogen-bond donors (Lipinski definition) is 5. The average molecular weight is 590 g/mol. The van der Waals surface area contributed by atoms with Crippen LogP contribution in [-0.2, 0) is 37.1 Å². The molecule has 6 N–H and O–H groups in total. The van der Waals surface area contributed by atoms with E-state index >= 15 is 0 Å². The highest BCUT2D eigenvalue weighted by Gasteiger charge is 2.56. The maximum atomic E-state index is 13.2. The van der Waals surface area contributed by atoms with Crippen LogP contribution in [0.2, 0.25) is 0 Å². The number of carbonyl (C=O) groups is 6. The van der Waals surface area contributed by atoms with Gasteiger partial charge >= 0.3 is 6.03 Å². The van der Waals surface area contributed by atoms with Crippen molar-refractivity contribution in [3.63, 3.8) is 0 Å². The second kappa shape index (κ2) is 11.9. The van der Waals surface area contributed by atoms with Crippen LogP contribution in [0.3, 0.4) is 0 Å². The Kier molecular flexibility index (Phi) is 8.29. The third-order valence-corrected chi connectivity index (χ3v) is 8.29. The molecule has 1 spiro atoms. The van der Waals surface area contributed by atoms with Crippen molar-refractivity contribution < 1.29 is 28.8 Å². The van der Waals surface area contributed by atoms with Gasteiger partial charge in [-0.15, -0.1) is 0 Å². The van der Waals surface area contributed by atoms with E-state index in [4.69, 9.17) is 5.73 Å². The molecule has 3 fully saturated rings. The highest BCUT2D eigenvalue weighted by atomic mass is 16.2. The third kappa shape index (κ3) is 6.13. The molecule has 2 aromatic rings. The maximum Gasteiger partial charge on any atom is 0.325 e. The lowest BCUT2D eigenvalue weighted by Crippen LogP contribution is -2.56. The monoisotopic (exact) mass is 589 g/mol. The van der Waals surface area contributed by atoms with E-state index in [1.54, 1.807) is 0 Å². The van der Waals surface area contributed by atoms with Crippen LogP contribution in [0, 0.1) is 0 Å². The molecule has 3 aliphatic rings. The van der Waals surface area contributed by atoms with E-state index in [0.717, 1.165) is 16.0 Å². The summed E-state index contributed by atoms with van der Waals surface area (Å²) >= 11 is 0. The number of benzene rings is 2.